The Morgan fingerprint density at radius 3 is 1.74 bits per heavy atom. The lowest BCUT2D eigenvalue weighted by molar-refractivity contribution is -0.952. The van der Waals surface area contributed by atoms with Crippen LogP contribution in [0.15, 0.2) is 12.1 Å². The summed E-state index contributed by atoms with van der Waals surface area (Å²) in [5, 5.41) is 0. The highest BCUT2D eigenvalue weighted by Gasteiger charge is 2.41. The van der Waals surface area contributed by atoms with Gasteiger partial charge in [-0.3, -0.25) is 0 Å². The van der Waals surface area contributed by atoms with Crippen LogP contribution in [0.5, 0.6) is 0 Å². The van der Waals surface area contributed by atoms with Crippen LogP contribution in [0.2, 0.25) is 0 Å². The summed E-state index contributed by atoms with van der Waals surface area (Å²) in [5.41, 5.74) is 6.50. The molecule has 1 aromatic rings. The molecule has 2 unspecified atom stereocenters. The largest absolute Gasteiger partial charge is 0.379 e. The van der Waals surface area contributed by atoms with Crippen LogP contribution < -0.4 is 0 Å². The maximum atomic E-state index is 6.01. The van der Waals surface area contributed by atoms with Crippen LogP contribution in [-0.2, 0) is 30.7 Å². The zero-order chi connectivity index (χ0) is 25.0. The van der Waals surface area contributed by atoms with E-state index in [9.17, 15) is 0 Å². The first kappa shape index (κ1) is 29.4. The maximum absolute atomic E-state index is 6.01. The summed E-state index contributed by atoms with van der Waals surface area (Å²) in [6.45, 7) is 22.1. The Bertz CT molecular complexity index is 645. The van der Waals surface area contributed by atoms with E-state index in [1.54, 1.807) is 22.3 Å². The number of benzene rings is 1. The van der Waals surface area contributed by atoms with Crippen LogP contribution in [0.3, 0.4) is 0 Å². The Kier molecular flexibility index (Phi) is 13.2. The molecular weight excluding hydrogens is 414 g/mol. The average molecular weight is 473 g/mol. The van der Waals surface area contributed by atoms with Crippen LogP contribution >= 0.6 is 0 Å². The fourth-order valence-corrected chi connectivity index (χ4v) is 6.49. The molecule has 2 heteroatoms. The summed E-state index contributed by atoms with van der Waals surface area (Å²) < 4.78 is 7.35. The van der Waals surface area contributed by atoms with Crippen molar-refractivity contribution in [1.82, 2.24) is 0 Å². The van der Waals surface area contributed by atoms with E-state index in [0.717, 1.165) is 18.4 Å². The maximum Gasteiger partial charge on any atom is 0.105 e. The Balaban J connectivity index is 0.000000945. The minimum absolute atomic E-state index is 0.490. The molecule has 0 saturated carbocycles. The quantitative estimate of drug-likeness (QED) is 0.276. The zero-order valence-corrected chi connectivity index (χ0v) is 24.1. The Morgan fingerprint density at radius 1 is 0.765 bits per heavy atom. The van der Waals surface area contributed by atoms with Gasteiger partial charge >= 0.3 is 0 Å². The smallest absolute Gasteiger partial charge is 0.105 e. The van der Waals surface area contributed by atoms with Crippen molar-refractivity contribution < 1.29 is 9.22 Å². The third-order valence-electron chi connectivity index (χ3n) is 8.81. The molecule has 1 spiro atoms. The van der Waals surface area contributed by atoms with E-state index in [2.05, 4.69) is 60.6 Å². The van der Waals surface area contributed by atoms with E-state index in [1.165, 1.54) is 101 Å². The first-order chi connectivity index (χ1) is 16.5. The average Bonchev–Trinajstić information content (AvgIpc) is 3.21. The van der Waals surface area contributed by atoms with Gasteiger partial charge in [-0.2, -0.15) is 0 Å². The second-order valence-corrected chi connectivity index (χ2v) is 11.2. The molecule has 1 aromatic carbocycles. The molecule has 34 heavy (non-hydrogen) atoms. The van der Waals surface area contributed by atoms with Gasteiger partial charge in [0.2, 0.25) is 0 Å². The Labute approximate surface area is 213 Å². The number of hydrogen-bond donors (Lipinski definition) is 0. The number of hydrogen-bond acceptors (Lipinski definition) is 1. The van der Waals surface area contributed by atoms with Crippen molar-refractivity contribution in [3.63, 3.8) is 0 Å². The summed E-state index contributed by atoms with van der Waals surface area (Å²) in [4.78, 5) is 0. The molecule has 0 amide bonds. The van der Waals surface area contributed by atoms with Gasteiger partial charge in [0, 0.05) is 17.7 Å². The topological polar surface area (TPSA) is 9.23 Å². The number of piperidine rings is 1. The standard InChI is InChI=1S/C28H48NO.C4H10/c1-6-11-28(30-10-5)13-12-22(7-2)25-14-16-29(17-15-25)20-26-18-23(8-3)24(9-4)19-27(26)21-29;1-3-4-2/h18-19,22,25,28H,6-17,20-21H2,1-5H3;3-4H2,1-2H3/q+1;. The minimum Gasteiger partial charge on any atom is -0.379 e. The number of quaternary nitrogens is 1. The van der Waals surface area contributed by atoms with Gasteiger partial charge in [0.25, 0.3) is 0 Å². The Morgan fingerprint density at radius 2 is 1.32 bits per heavy atom. The van der Waals surface area contributed by atoms with Gasteiger partial charge in [0.15, 0.2) is 0 Å². The van der Waals surface area contributed by atoms with Gasteiger partial charge in [0.1, 0.15) is 13.1 Å². The number of nitrogens with zero attached hydrogens (tertiary/aromatic N) is 1. The van der Waals surface area contributed by atoms with Gasteiger partial charge in [-0.05, 0) is 87.0 Å². The van der Waals surface area contributed by atoms with Gasteiger partial charge in [-0.15, -0.1) is 0 Å². The highest BCUT2D eigenvalue weighted by atomic mass is 16.5. The van der Waals surface area contributed by atoms with Gasteiger partial charge in [-0.1, -0.05) is 67.2 Å². The first-order valence-corrected chi connectivity index (χ1v) is 15.1. The zero-order valence-electron chi connectivity index (χ0n) is 24.1. The highest BCUT2D eigenvalue weighted by Crippen LogP contribution is 2.40. The van der Waals surface area contributed by atoms with Crippen LogP contribution in [0.4, 0.5) is 0 Å². The number of rotatable bonds is 12. The third kappa shape index (κ3) is 8.09. The fraction of sp³-hybridized carbons (Fsp3) is 0.812. The molecule has 0 radical (unpaired) electrons. The molecule has 196 valence electrons. The molecule has 2 atom stereocenters. The number of unbranched alkanes of at least 4 members (excludes halogenated alkanes) is 1. The first-order valence-electron chi connectivity index (χ1n) is 15.1. The van der Waals surface area contributed by atoms with E-state index in [4.69, 9.17) is 4.74 Å². The number of fused-ring (bicyclic) bond motifs is 1. The Hall–Kier alpha value is -0.860. The summed E-state index contributed by atoms with van der Waals surface area (Å²) in [5.74, 6) is 1.83. The fourth-order valence-electron chi connectivity index (χ4n) is 6.49. The van der Waals surface area contributed by atoms with E-state index in [-0.39, 0.29) is 0 Å². The predicted octanol–water partition coefficient (Wildman–Crippen LogP) is 8.87. The monoisotopic (exact) mass is 472 g/mol. The molecule has 2 aliphatic rings. The van der Waals surface area contributed by atoms with Crippen LogP contribution in [0, 0.1) is 11.8 Å². The lowest BCUT2D eigenvalue weighted by Gasteiger charge is -2.42. The molecule has 2 heterocycles. The lowest BCUT2D eigenvalue weighted by Crippen LogP contribution is -2.49. The van der Waals surface area contributed by atoms with E-state index >= 15 is 0 Å². The molecule has 0 bridgehead atoms. The molecule has 3 rings (SSSR count). The summed E-state index contributed by atoms with van der Waals surface area (Å²) >= 11 is 0. The van der Waals surface area contributed by atoms with Crippen molar-refractivity contribution in [1.29, 1.82) is 0 Å². The van der Waals surface area contributed by atoms with E-state index < -0.39 is 0 Å². The van der Waals surface area contributed by atoms with Gasteiger partial charge in [-0.25, -0.2) is 0 Å². The molecule has 2 nitrogen and oxygen atoms in total. The molecule has 0 aromatic heterocycles. The van der Waals surface area contributed by atoms with E-state index in [0.29, 0.717) is 6.10 Å². The number of ether oxygens (including phenoxy) is 1. The normalized spacial score (nSPS) is 18.9. The molecule has 0 aliphatic carbocycles. The van der Waals surface area contributed by atoms with Crippen molar-refractivity contribution in [2.24, 2.45) is 11.8 Å². The second-order valence-electron chi connectivity index (χ2n) is 11.2. The molecule has 1 fully saturated rings. The predicted molar refractivity (Wildman–Crippen MR) is 149 cm³/mol. The SMILES string of the molecule is CCCC.CCCC(CCC(CC)C1CC[N+]2(CC1)Cc1cc(CC)c(CC)cc1C2)OCC. The van der Waals surface area contributed by atoms with Crippen molar-refractivity contribution in [3.8, 4) is 0 Å². The van der Waals surface area contributed by atoms with Crippen molar-refractivity contribution >= 4 is 0 Å². The van der Waals surface area contributed by atoms with Crippen molar-refractivity contribution in [3.05, 3.63) is 34.4 Å². The van der Waals surface area contributed by atoms with Crippen LogP contribution in [0.25, 0.3) is 0 Å². The van der Waals surface area contributed by atoms with E-state index in [1.807, 2.05) is 0 Å². The molecular formula is C32H58NO+. The summed E-state index contributed by atoms with van der Waals surface area (Å²) in [6, 6.07) is 5.12. The molecule has 1 saturated heterocycles. The van der Waals surface area contributed by atoms with Crippen LogP contribution in [0.1, 0.15) is 129 Å². The van der Waals surface area contributed by atoms with Crippen molar-refractivity contribution in [2.45, 2.75) is 138 Å². The highest BCUT2D eigenvalue weighted by molar-refractivity contribution is 5.39. The van der Waals surface area contributed by atoms with Crippen molar-refractivity contribution in [2.75, 3.05) is 19.7 Å². The lowest BCUT2D eigenvalue weighted by atomic mass is 9.79. The summed E-state index contributed by atoms with van der Waals surface area (Å²) in [6.07, 6.45) is 14.8. The van der Waals surface area contributed by atoms with Gasteiger partial charge < -0.3 is 9.22 Å². The van der Waals surface area contributed by atoms with Gasteiger partial charge in [0.05, 0.1) is 19.2 Å². The molecule has 0 N–H and O–H groups in total. The molecule has 2 aliphatic heterocycles. The summed E-state index contributed by atoms with van der Waals surface area (Å²) in [7, 11) is 0. The second kappa shape index (κ2) is 15.3. The minimum atomic E-state index is 0.490. The number of aryl methyl sites for hydroxylation is 2. The van der Waals surface area contributed by atoms with Crippen LogP contribution in [-0.4, -0.2) is 30.3 Å². The third-order valence-corrected chi connectivity index (χ3v) is 8.81.